The number of nitrogens with one attached hydrogen (secondary N) is 1. The molecule has 0 bridgehead atoms. The Balaban J connectivity index is 1.84. The maximum Gasteiger partial charge on any atom is 0.237 e. The van der Waals surface area contributed by atoms with Crippen LogP contribution in [0.1, 0.15) is 25.6 Å². The molecule has 0 saturated heterocycles. The zero-order valence-corrected chi connectivity index (χ0v) is 13.7. The van der Waals surface area contributed by atoms with Gasteiger partial charge in [-0.25, -0.2) is 4.39 Å². The zero-order valence-electron chi connectivity index (χ0n) is 12.9. The Morgan fingerprint density at radius 1 is 1.43 bits per heavy atom. The Bertz CT molecular complexity index is 703. The summed E-state index contributed by atoms with van der Waals surface area (Å²) in [4.78, 5) is 15.9. The van der Waals surface area contributed by atoms with Gasteiger partial charge in [-0.2, -0.15) is 4.98 Å². The van der Waals surface area contributed by atoms with Crippen molar-refractivity contribution < 1.29 is 17.9 Å². The molecule has 1 heterocycles. The van der Waals surface area contributed by atoms with Crippen LogP contribution in [-0.2, 0) is 27.8 Å². The van der Waals surface area contributed by atoms with Gasteiger partial charge in [-0.15, -0.1) is 0 Å². The van der Waals surface area contributed by atoms with Crippen molar-refractivity contribution in [1.82, 2.24) is 10.1 Å². The molecule has 6 nitrogen and oxygen atoms in total. The second-order valence-corrected chi connectivity index (χ2v) is 6.95. The fourth-order valence-electron chi connectivity index (χ4n) is 1.89. The lowest BCUT2D eigenvalue weighted by molar-refractivity contribution is -0.113. The van der Waals surface area contributed by atoms with E-state index in [1.54, 1.807) is 6.07 Å². The number of rotatable bonds is 7. The third-order valence-corrected chi connectivity index (χ3v) is 3.95. The number of anilines is 1. The van der Waals surface area contributed by atoms with Crippen molar-refractivity contribution in [3.05, 3.63) is 41.8 Å². The van der Waals surface area contributed by atoms with Crippen molar-refractivity contribution >= 4 is 22.4 Å². The van der Waals surface area contributed by atoms with E-state index in [1.165, 1.54) is 18.2 Å². The number of benzene rings is 1. The summed E-state index contributed by atoms with van der Waals surface area (Å²) in [5.41, 5.74) is 0.325. The first-order chi connectivity index (χ1) is 10.9. The average molecular weight is 339 g/mol. The van der Waals surface area contributed by atoms with E-state index in [0.717, 1.165) is 0 Å². The van der Waals surface area contributed by atoms with Gasteiger partial charge in [0.05, 0.1) is 5.75 Å². The van der Waals surface area contributed by atoms with Crippen molar-refractivity contribution in [2.24, 2.45) is 5.92 Å². The van der Waals surface area contributed by atoms with Gasteiger partial charge in [0.25, 0.3) is 0 Å². The molecule has 2 rings (SSSR count). The van der Waals surface area contributed by atoms with E-state index in [0.29, 0.717) is 29.7 Å². The minimum atomic E-state index is -1.47. The van der Waals surface area contributed by atoms with Crippen molar-refractivity contribution in [1.29, 1.82) is 0 Å². The summed E-state index contributed by atoms with van der Waals surface area (Å²) < 4.78 is 30.0. The molecule has 1 amide bonds. The molecule has 1 atom stereocenters. The summed E-state index contributed by atoms with van der Waals surface area (Å²) >= 11 is 0. The molecule has 124 valence electrons. The number of carbonyl (C=O) groups excluding carboxylic acids is 1. The molecule has 0 radical (unpaired) electrons. The van der Waals surface area contributed by atoms with Crippen LogP contribution in [0.3, 0.4) is 0 Å². The summed E-state index contributed by atoms with van der Waals surface area (Å²) in [6.07, 6.45) is 0.652. The van der Waals surface area contributed by atoms with E-state index >= 15 is 0 Å². The lowest BCUT2D eigenvalue weighted by Crippen LogP contribution is -2.20. The molecule has 1 aromatic carbocycles. The van der Waals surface area contributed by atoms with E-state index in [4.69, 9.17) is 4.52 Å². The summed E-state index contributed by atoms with van der Waals surface area (Å²) in [5.74, 6) is 0.107. The molecule has 0 aliphatic rings. The fraction of sp³-hybridized carbons (Fsp3) is 0.400. The van der Waals surface area contributed by atoms with Crippen LogP contribution >= 0.6 is 0 Å². The molecule has 0 aliphatic carbocycles. The van der Waals surface area contributed by atoms with E-state index in [2.05, 4.69) is 15.5 Å². The second kappa shape index (κ2) is 7.96. The monoisotopic (exact) mass is 339 g/mol. The molecule has 23 heavy (non-hydrogen) atoms. The number of hydrogen-bond acceptors (Lipinski definition) is 5. The third kappa shape index (κ3) is 5.90. The smallest absolute Gasteiger partial charge is 0.237 e. The van der Waals surface area contributed by atoms with Gasteiger partial charge in [0, 0.05) is 22.9 Å². The highest BCUT2D eigenvalue weighted by molar-refractivity contribution is 7.84. The van der Waals surface area contributed by atoms with Gasteiger partial charge in [0.1, 0.15) is 11.6 Å². The van der Waals surface area contributed by atoms with E-state index < -0.39 is 22.5 Å². The van der Waals surface area contributed by atoms with Gasteiger partial charge in [-0.3, -0.25) is 9.00 Å². The minimum Gasteiger partial charge on any atom is -0.339 e. The van der Waals surface area contributed by atoms with Crippen molar-refractivity contribution in [2.75, 3.05) is 11.1 Å². The van der Waals surface area contributed by atoms with Crippen LogP contribution in [0, 0.1) is 11.7 Å². The third-order valence-electron chi connectivity index (χ3n) is 2.78. The number of nitrogens with zero attached hydrogens (tertiary/aromatic N) is 2. The number of halogens is 1. The Morgan fingerprint density at radius 2 is 2.22 bits per heavy atom. The van der Waals surface area contributed by atoms with Gasteiger partial charge < -0.3 is 9.84 Å². The molecule has 8 heteroatoms. The summed E-state index contributed by atoms with van der Waals surface area (Å²) in [5, 5.41) is 6.25. The highest BCUT2D eigenvalue weighted by Crippen LogP contribution is 2.10. The zero-order chi connectivity index (χ0) is 16.8. The summed E-state index contributed by atoms with van der Waals surface area (Å²) in [7, 11) is -1.47. The minimum absolute atomic E-state index is 0.0398. The summed E-state index contributed by atoms with van der Waals surface area (Å²) in [6, 6.07) is 5.51. The molecule has 0 unspecified atom stereocenters. The molecule has 0 spiro atoms. The van der Waals surface area contributed by atoms with Crippen LogP contribution in [-0.4, -0.2) is 26.0 Å². The number of hydrogen-bond donors (Lipinski definition) is 1. The quantitative estimate of drug-likeness (QED) is 0.836. The standard InChI is InChI=1S/C15H18FN3O3S/c1-10(2)6-15-18-13(19-22-15)8-23(21)9-14(20)17-12-5-3-4-11(16)7-12/h3-5,7,10H,6,8-9H2,1-2H3,(H,17,20)/t23-/m1/s1. The van der Waals surface area contributed by atoms with E-state index in [-0.39, 0.29) is 11.5 Å². The van der Waals surface area contributed by atoms with Gasteiger partial charge in [-0.1, -0.05) is 25.1 Å². The van der Waals surface area contributed by atoms with Gasteiger partial charge in [0.2, 0.25) is 11.8 Å². The van der Waals surface area contributed by atoms with E-state index in [1.807, 2.05) is 13.8 Å². The number of aromatic nitrogens is 2. The highest BCUT2D eigenvalue weighted by Gasteiger charge is 2.14. The van der Waals surface area contributed by atoms with Gasteiger partial charge in [-0.05, 0) is 24.1 Å². The Labute approximate surface area is 135 Å². The second-order valence-electron chi connectivity index (χ2n) is 5.49. The fourth-order valence-corrected chi connectivity index (χ4v) is 2.76. The molecule has 1 N–H and O–H groups in total. The maximum absolute atomic E-state index is 13.0. The van der Waals surface area contributed by atoms with E-state index in [9.17, 15) is 13.4 Å². The van der Waals surface area contributed by atoms with Crippen LogP contribution in [0.15, 0.2) is 28.8 Å². The number of carbonyl (C=O) groups is 1. The predicted molar refractivity (Wildman–Crippen MR) is 84.6 cm³/mol. The molecule has 0 saturated carbocycles. The average Bonchev–Trinajstić information content (AvgIpc) is 2.84. The van der Waals surface area contributed by atoms with Gasteiger partial charge >= 0.3 is 0 Å². The molecule has 2 aromatic rings. The highest BCUT2D eigenvalue weighted by atomic mass is 32.2. The van der Waals surface area contributed by atoms with Crippen LogP contribution in [0.25, 0.3) is 0 Å². The first-order valence-corrected chi connectivity index (χ1v) is 8.63. The van der Waals surface area contributed by atoms with Crippen molar-refractivity contribution in [3.63, 3.8) is 0 Å². The van der Waals surface area contributed by atoms with Crippen LogP contribution in [0.2, 0.25) is 0 Å². The Hall–Kier alpha value is -2.09. The lowest BCUT2D eigenvalue weighted by atomic mass is 10.1. The Kier molecular flexibility index (Phi) is 5.97. The number of amides is 1. The predicted octanol–water partition coefficient (Wildman–Crippen LogP) is 2.29. The van der Waals surface area contributed by atoms with Gasteiger partial charge in [0.15, 0.2) is 5.82 Å². The molecule has 1 aromatic heterocycles. The topological polar surface area (TPSA) is 85.1 Å². The van der Waals surface area contributed by atoms with Crippen LogP contribution in [0.4, 0.5) is 10.1 Å². The normalized spacial score (nSPS) is 12.3. The SMILES string of the molecule is CC(C)Cc1nc(C[S@@](=O)CC(=O)Nc2cccc(F)c2)no1. The van der Waals surface area contributed by atoms with Crippen molar-refractivity contribution in [2.45, 2.75) is 26.0 Å². The van der Waals surface area contributed by atoms with Crippen LogP contribution < -0.4 is 5.32 Å². The first kappa shape index (κ1) is 17.3. The maximum atomic E-state index is 13.0. The molecule has 0 fully saturated rings. The first-order valence-electron chi connectivity index (χ1n) is 7.14. The molecular formula is C15H18FN3O3S. The summed E-state index contributed by atoms with van der Waals surface area (Å²) in [6.45, 7) is 4.05. The van der Waals surface area contributed by atoms with Crippen molar-refractivity contribution in [3.8, 4) is 0 Å². The molecule has 0 aliphatic heterocycles. The van der Waals surface area contributed by atoms with Crippen LogP contribution in [0.5, 0.6) is 0 Å². The largest absolute Gasteiger partial charge is 0.339 e. The Morgan fingerprint density at radius 3 is 2.91 bits per heavy atom. The lowest BCUT2D eigenvalue weighted by Gasteiger charge is -2.04. The molecular weight excluding hydrogens is 321 g/mol.